The molecule has 29 heavy (non-hydrogen) atoms. The normalized spacial score (nSPS) is 10.7. The first-order valence-corrected chi connectivity index (χ1v) is 9.12. The number of carbonyl (C=O) groups is 1. The number of hydrazone groups is 1. The second kappa shape index (κ2) is 10.6. The Bertz CT molecular complexity index is 881. The SMILES string of the molecule is CCCOc1c(OCC)cc(/C=N\NC(=O)Cc2ccc(O)cc2)cc1[N+](=O)[O-]. The highest BCUT2D eigenvalue weighted by Gasteiger charge is 2.22. The molecule has 0 aliphatic heterocycles. The number of aromatic hydroxyl groups is 1. The van der Waals surface area contributed by atoms with Gasteiger partial charge in [-0.25, -0.2) is 5.43 Å². The summed E-state index contributed by atoms with van der Waals surface area (Å²) >= 11 is 0. The summed E-state index contributed by atoms with van der Waals surface area (Å²) in [6, 6.07) is 9.11. The summed E-state index contributed by atoms with van der Waals surface area (Å²) in [5.74, 6) is 0.0684. The summed E-state index contributed by atoms with van der Waals surface area (Å²) in [6.45, 7) is 4.29. The van der Waals surface area contributed by atoms with E-state index in [1.54, 1.807) is 25.1 Å². The van der Waals surface area contributed by atoms with E-state index in [0.717, 1.165) is 0 Å². The van der Waals surface area contributed by atoms with E-state index < -0.39 is 4.92 Å². The monoisotopic (exact) mass is 401 g/mol. The predicted molar refractivity (Wildman–Crippen MR) is 108 cm³/mol. The fraction of sp³-hybridized carbons (Fsp3) is 0.300. The molecule has 2 aromatic carbocycles. The van der Waals surface area contributed by atoms with Crippen molar-refractivity contribution in [2.24, 2.45) is 5.10 Å². The number of amides is 1. The first-order chi connectivity index (χ1) is 13.9. The van der Waals surface area contributed by atoms with Crippen molar-refractivity contribution in [3.05, 3.63) is 57.6 Å². The van der Waals surface area contributed by atoms with Crippen LogP contribution in [0.3, 0.4) is 0 Å². The quantitative estimate of drug-likeness (QED) is 0.358. The average Bonchev–Trinajstić information content (AvgIpc) is 2.68. The van der Waals surface area contributed by atoms with E-state index in [1.807, 2.05) is 6.92 Å². The van der Waals surface area contributed by atoms with Crippen LogP contribution in [0.15, 0.2) is 41.5 Å². The van der Waals surface area contributed by atoms with Crippen LogP contribution in [0, 0.1) is 10.1 Å². The fourth-order valence-electron chi connectivity index (χ4n) is 2.45. The number of rotatable bonds is 10. The summed E-state index contributed by atoms with van der Waals surface area (Å²) < 4.78 is 11.0. The number of hydrogen-bond donors (Lipinski definition) is 2. The maximum absolute atomic E-state index is 12.0. The molecule has 2 rings (SSSR count). The number of hydrogen-bond acceptors (Lipinski definition) is 7. The fourth-order valence-corrected chi connectivity index (χ4v) is 2.45. The van der Waals surface area contributed by atoms with Crippen LogP contribution in [0.2, 0.25) is 0 Å². The number of nitrogens with zero attached hydrogens (tertiary/aromatic N) is 2. The van der Waals surface area contributed by atoms with Gasteiger partial charge in [-0.3, -0.25) is 14.9 Å². The van der Waals surface area contributed by atoms with Crippen LogP contribution in [0.4, 0.5) is 5.69 Å². The topological polar surface area (TPSA) is 123 Å². The van der Waals surface area contributed by atoms with Crippen molar-refractivity contribution in [1.29, 1.82) is 0 Å². The first-order valence-electron chi connectivity index (χ1n) is 9.12. The zero-order valence-corrected chi connectivity index (χ0v) is 16.3. The molecule has 0 aliphatic carbocycles. The lowest BCUT2D eigenvalue weighted by atomic mass is 10.1. The van der Waals surface area contributed by atoms with Crippen LogP contribution in [0.25, 0.3) is 0 Å². The second-order valence-electron chi connectivity index (χ2n) is 6.04. The highest BCUT2D eigenvalue weighted by molar-refractivity contribution is 5.85. The maximum atomic E-state index is 12.0. The minimum atomic E-state index is -0.547. The van der Waals surface area contributed by atoms with E-state index in [4.69, 9.17) is 9.47 Å². The first kappa shape index (κ1) is 21.7. The lowest BCUT2D eigenvalue weighted by Gasteiger charge is -2.12. The Kier molecular flexibility index (Phi) is 7.96. The lowest BCUT2D eigenvalue weighted by molar-refractivity contribution is -0.386. The van der Waals surface area contributed by atoms with Gasteiger partial charge in [-0.15, -0.1) is 0 Å². The predicted octanol–water partition coefficient (Wildman–Crippen LogP) is 3.18. The van der Waals surface area contributed by atoms with E-state index in [2.05, 4.69) is 10.5 Å². The molecular weight excluding hydrogens is 378 g/mol. The van der Waals surface area contributed by atoms with Gasteiger partial charge in [0.1, 0.15) is 5.75 Å². The van der Waals surface area contributed by atoms with E-state index in [-0.39, 0.29) is 35.3 Å². The van der Waals surface area contributed by atoms with Gasteiger partial charge in [0.05, 0.1) is 30.8 Å². The van der Waals surface area contributed by atoms with Crippen LogP contribution >= 0.6 is 0 Å². The number of carbonyl (C=O) groups excluding carboxylic acids is 1. The number of phenolic OH excluding ortho intramolecular Hbond substituents is 1. The van der Waals surface area contributed by atoms with Crippen molar-refractivity contribution in [2.45, 2.75) is 26.7 Å². The van der Waals surface area contributed by atoms with Crippen LogP contribution in [0.5, 0.6) is 17.2 Å². The Balaban J connectivity index is 2.14. The Labute approximate surface area is 168 Å². The van der Waals surface area contributed by atoms with Gasteiger partial charge in [0.2, 0.25) is 11.7 Å². The van der Waals surface area contributed by atoms with Crippen LogP contribution < -0.4 is 14.9 Å². The molecule has 9 nitrogen and oxygen atoms in total. The lowest BCUT2D eigenvalue weighted by Crippen LogP contribution is -2.19. The molecule has 0 radical (unpaired) electrons. The van der Waals surface area contributed by atoms with Crippen molar-refractivity contribution in [3.63, 3.8) is 0 Å². The number of nitrogens with one attached hydrogen (secondary N) is 1. The number of phenols is 1. The molecule has 0 saturated carbocycles. The summed E-state index contributed by atoms with van der Waals surface area (Å²) in [5, 5.41) is 24.6. The highest BCUT2D eigenvalue weighted by atomic mass is 16.6. The third-order valence-corrected chi connectivity index (χ3v) is 3.71. The van der Waals surface area contributed by atoms with Crippen molar-refractivity contribution >= 4 is 17.8 Å². The summed E-state index contributed by atoms with van der Waals surface area (Å²) in [4.78, 5) is 22.9. The molecule has 0 aromatic heterocycles. The minimum absolute atomic E-state index is 0.0752. The van der Waals surface area contributed by atoms with Crippen LogP contribution in [-0.4, -0.2) is 35.4 Å². The number of nitro groups is 1. The zero-order valence-electron chi connectivity index (χ0n) is 16.3. The van der Waals surface area contributed by atoms with Crippen LogP contribution in [0.1, 0.15) is 31.4 Å². The number of ether oxygens (including phenoxy) is 2. The van der Waals surface area contributed by atoms with Gasteiger partial charge in [0.15, 0.2) is 5.75 Å². The molecule has 0 aliphatic rings. The van der Waals surface area contributed by atoms with Crippen molar-refractivity contribution in [1.82, 2.24) is 5.43 Å². The second-order valence-corrected chi connectivity index (χ2v) is 6.04. The molecule has 0 atom stereocenters. The smallest absolute Gasteiger partial charge is 0.315 e. The van der Waals surface area contributed by atoms with E-state index in [9.17, 15) is 20.0 Å². The third-order valence-electron chi connectivity index (χ3n) is 3.71. The molecule has 0 bridgehead atoms. The third kappa shape index (κ3) is 6.49. The molecule has 2 N–H and O–H groups in total. The van der Waals surface area contributed by atoms with Gasteiger partial charge >= 0.3 is 5.69 Å². The minimum Gasteiger partial charge on any atom is -0.508 e. The van der Waals surface area contributed by atoms with Crippen molar-refractivity contribution in [3.8, 4) is 17.2 Å². The molecule has 0 spiro atoms. The molecule has 0 unspecified atom stereocenters. The standard InChI is InChI=1S/C20H23N3O6/c1-3-9-29-20-17(23(26)27)10-15(11-18(20)28-4-2)13-21-22-19(25)12-14-5-7-16(24)8-6-14/h5-8,10-11,13,24H,3-4,9,12H2,1-2H3,(H,22,25)/b21-13-. The van der Waals surface area contributed by atoms with Gasteiger partial charge in [-0.1, -0.05) is 19.1 Å². The van der Waals surface area contributed by atoms with Gasteiger partial charge in [-0.05, 0) is 37.1 Å². The van der Waals surface area contributed by atoms with Gasteiger partial charge in [0, 0.05) is 11.6 Å². The molecule has 0 fully saturated rings. The Morgan fingerprint density at radius 3 is 2.59 bits per heavy atom. The Hall–Kier alpha value is -3.62. The summed E-state index contributed by atoms with van der Waals surface area (Å²) in [7, 11) is 0. The average molecular weight is 401 g/mol. The van der Waals surface area contributed by atoms with E-state index in [1.165, 1.54) is 24.4 Å². The van der Waals surface area contributed by atoms with E-state index >= 15 is 0 Å². The van der Waals surface area contributed by atoms with Crippen molar-refractivity contribution in [2.75, 3.05) is 13.2 Å². The number of benzene rings is 2. The molecule has 154 valence electrons. The van der Waals surface area contributed by atoms with Crippen molar-refractivity contribution < 1.29 is 24.3 Å². The molecular formula is C20H23N3O6. The molecule has 0 saturated heterocycles. The summed E-state index contributed by atoms with van der Waals surface area (Å²) in [5.41, 5.74) is 3.23. The molecule has 0 heterocycles. The van der Waals surface area contributed by atoms with Gasteiger partial charge < -0.3 is 14.6 Å². The summed E-state index contributed by atoms with van der Waals surface area (Å²) in [6.07, 6.45) is 2.07. The zero-order chi connectivity index (χ0) is 21.2. The van der Waals surface area contributed by atoms with Crippen LogP contribution in [-0.2, 0) is 11.2 Å². The van der Waals surface area contributed by atoms with E-state index in [0.29, 0.717) is 30.8 Å². The number of nitro benzene ring substituents is 1. The molecule has 9 heteroatoms. The molecule has 1 amide bonds. The van der Waals surface area contributed by atoms with Gasteiger partial charge in [0.25, 0.3) is 0 Å². The maximum Gasteiger partial charge on any atom is 0.315 e. The Morgan fingerprint density at radius 1 is 1.24 bits per heavy atom. The highest BCUT2D eigenvalue weighted by Crippen LogP contribution is 2.38. The van der Waals surface area contributed by atoms with Gasteiger partial charge in [-0.2, -0.15) is 5.10 Å². The largest absolute Gasteiger partial charge is 0.508 e. The Morgan fingerprint density at radius 2 is 1.97 bits per heavy atom. The molecule has 2 aromatic rings.